The number of benzene rings is 3. The van der Waals surface area contributed by atoms with Gasteiger partial charge in [0.1, 0.15) is 0 Å². The van der Waals surface area contributed by atoms with E-state index >= 15 is 0 Å². The van der Waals surface area contributed by atoms with E-state index in [2.05, 4.69) is 0 Å². The largest absolute Gasteiger partial charge is 0.504 e. The molecule has 0 fully saturated rings. The number of phenols is 2. The second-order valence-electron chi connectivity index (χ2n) is 4.55. The summed E-state index contributed by atoms with van der Waals surface area (Å²) < 4.78 is 0. The highest BCUT2D eigenvalue weighted by Crippen LogP contribution is 2.43. The predicted octanol–water partition coefficient (Wildman–Crippen LogP) is 3.73. The van der Waals surface area contributed by atoms with Gasteiger partial charge in [-0.3, -0.25) is 4.79 Å². The number of phenolic OH excluding ortho intramolecular Hbond substituents is 2. The summed E-state index contributed by atoms with van der Waals surface area (Å²) in [6.45, 7) is 0. The Labute approximate surface area is 115 Å². The van der Waals surface area contributed by atoms with Gasteiger partial charge in [-0.1, -0.05) is 48.5 Å². The minimum atomic E-state index is -0.210. The molecule has 3 aromatic carbocycles. The van der Waals surface area contributed by atoms with Gasteiger partial charge in [0, 0.05) is 11.1 Å². The predicted molar refractivity (Wildman–Crippen MR) is 78.1 cm³/mol. The third kappa shape index (κ3) is 1.80. The summed E-state index contributed by atoms with van der Waals surface area (Å²) in [5.41, 5.74) is 1.55. The Morgan fingerprint density at radius 2 is 1.60 bits per heavy atom. The first-order valence-corrected chi connectivity index (χ1v) is 6.20. The first kappa shape index (κ1) is 12.2. The van der Waals surface area contributed by atoms with E-state index in [1.165, 1.54) is 6.07 Å². The number of rotatable bonds is 2. The molecule has 3 heteroatoms. The normalized spacial score (nSPS) is 10.6. The third-order valence-corrected chi connectivity index (χ3v) is 3.36. The van der Waals surface area contributed by atoms with Gasteiger partial charge in [0.2, 0.25) is 0 Å². The molecule has 20 heavy (non-hydrogen) atoms. The molecule has 0 aromatic heterocycles. The average Bonchev–Trinajstić information content (AvgIpc) is 2.49. The Morgan fingerprint density at radius 3 is 2.40 bits per heavy atom. The highest BCUT2D eigenvalue weighted by atomic mass is 16.3. The first-order valence-electron chi connectivity index (χ1n) is 6.20. The van der Waals surface area contributed by atoms with Gasteiger partial charge in [0.05, 0.1) is 0 Å². The summed E-state index contributed by atoms with van der Waals surface area (Å²) in [4.78, 5) is 11.2. The Kier molecular flexibility index (Phi) is 2.88. The minimum Gasteiger partial charge on any atom is -0.504 e. The SMILES string of the molecule is O=Cc1ccccc1-c1c(O)c(O)cc2ccccc12. The topological polar surface area (TPSA) is 57.5 Å². The van der Waals surface area contributed by atoms with Crippen molar-refractivity contribution in [2.75, 3.05) is 0 Å². The average molecular weight is 264 g/mol. The van der Waals surface area contributed by atoms with Crippen LogP contribution < -0.4 is 0 Å². The van der Waals surface area contributed by atoms with Gasteiger partial charge < -0.3 is 10.2 Å². The smallest absolute Gasteiger partial charge is 0.166 e. The van der Waals surface area contributed by atoms with E-state index in [0.717, 1.165) is 17.1 Å². The van der Waals surface area contributed by atoms with Gasteiger partial charge >= 0.3 is 0 Å². The quantitative estimate of drug-likeness (QED) is 0.547. The molecule has 3 aromatic rings. The van der Waals surface area contributed by atoms with E-state index in [-0.39, 0.29) is 11.5 Å². The second-order valence-corrected chi connectivity index (χ2v) is 4.55. The monoisotopic (exact) mass is 264 g/mol. The molecule has 0 amide bonds. The molecule has 0 spiro atoms. The van der Waals surface area contributed by atoms with E-state index < -0.39 is 0 Å². The van der Waals surface area contributed by atoms with Crippen LogP contribution in [0.3, 0.4) is 0 Å². The lowest BCUT2D eigenvalue weighted by Gasteiger charge is -2.12. The molecule has 2 N–H and O–H groups in total. The third-order valence-electron chi connectivity index (χ3n) is 3.36. The van der Waals surface area contributed by atoms with Gasteiger partial charge in [-0.25, -0.2) is 0 Å². The molecular formula is C17H12O3. The summed E-state index contributed by atoms with van der Waals surface area (Å²) in [5, 5.41) is 21.7. The maximum Gasteiger partial charge on any atom is 0.166 e. The molecule has 3 nitrogen and oxygen atoms in total. The molecule has 0 atom stereocenters. The molecule has 0 unspecified atom stereocenters. The van der Waals surface area contributed by atoms with Crippen LogP contribution in [0.4, 0.5) is 0 Å². The van der Waals surface area contributed by atoms with Crippen molar-refractivity contribution in [1.29, 1.82) is 0 Å². The maximum atomic E-state index is 11.2. The lowest BCUT2D eigenvalue weighted by Crippen LogP contribution is -1.89. The molecule has 0 aliphatic heterocycles. The Bertz CT molecular complexity index is 806. The van der Waals surface area contributed by atoms with E-state index in [0.29, 0.717) is 16.7 Å². The fourth-order valence-corrected chi connectivity index (χ4v) is 2.42. The van der Waals surface area contributed by atoms with Crippen molar-refractivity contribution in [3.63, 3.8) is 0 Å². The van der Waals surface area contributed by atoms with Crippen LogP contribution in [0.15, 0.2) is 54.6 Å². The highest BCUT2D eigenvalue weighted by Gasteiger charge is 2.16. The maximum absolute atomic E-state index is 11.2. The molecule has 98 valence electrons. The number of aldehydes is 1. The van der Waals surface area contributed by atoms with Crippen molar-refractivity contribution in [2.45, 2.75) is 0 Å². The molecule has 3 rings (SSSR count). The van der Waals surface area contributed by atoms with Crippen LogP contribution in [0.5, 0.6) is 11.5 Å². The van der Waals surface area contributed by atoms with E-state index in [1.807, 2.05) is 24.3 Å². The van der Waals surface area contributed by atoms with Crippen LogP contribution >= 0.6 is 0 Å². The molecule has 0 radical (unpaired) electrons. The van der Waals surface area contributed by atoms with Crippen LogP contribution in [0.1, 0.15) is 10.4 Å². The second kappa shape index (κ2) is 4.70. The summed E-state index contributed by atoms with van der Waals surface area (Å²) in [5.74, 6) is -0.405. The molecule has 0 bridgehead atoms. The molecule has 0 heterocycles. The van der Waals surface area contributed by atoms with Crippen molar-refractivity contribution in [3.05, 3.63) is 60.2 Å². The lowest BCUT2D eigenvalue weighted by atomic mass is 9.93. The van der Waals surface area contributed by atoms with Crippen LogP contribution in [0.2, 0.25) is 0 Å². The zero-order valence-corrected chi connectivity index (χ0v) is 10.6. The molecule has 0 saturated heterocycles. The van der Waals surface area contributed by atoms with Crippen LogP contribution in [0, 0.1) is 0 Å². The van der Waals surface area contributed by atoms with Crippen molar-refractivity contribution in [2.24, 2.45) is 0 Å². The zero-order chi connectivity index (χ0) is 14.1. The minimum absolute atomic E-state index is 0.195. The zero-order valence-electron chi connectivity index (χ0n) is 10.6. The standard InChI is InChI=1S/C17H12O3/c18-10-12-6-2-4-8-14(12)16-13-7-3-1-5-11(13)9-15(19)17(16)20/h1-10,19-20H. The summed E-state index contributed by atoms with van der Waals surface area (Å²) >= 11 is 0. The van der Waals surface area contributed by atoms with Crippen LogP contribution in [0.25, 0.3) is 21.9 Å². The Morgan fingerprint density at radius 1 is 0.900 bits per heavy atom. The van der Waals surface area contributed by atoms with Crippen molar-refractivity contribution < 1.29 is 15.0 Å². The summed E-state index contributed by atoms with van der Waals surface area (Å²) in [6.07, 6.45) is 0.744. The van der Waals surface area contributed by atoms with E-state index in [4.69, 9.17) is 0 Å². The molecular weight excluding hydrogens is 252 g/mol. The van der Waals surface area contributed by atoms with Gasteiger partial charge in [-0.05, 0) is 22.4 Å². The highest BCUT2D eigenvalue weighted by molar-refractivity contribution is 6.04. The number of carbonyl (C=O) groups excluding carboxylic acids is 1. The van der Waals surface area contributed by atoms with Crippen molar-refractivity contribution in [1.82, 2.24) is 0 Å². The summed E-state index contributed by atoms with van der Waals surface area (Å²) in [7, 11) is 0. The van der Waals surface area contributed by atoms with E-state index in [9.17, 15) is 15.0 Å². The van der Waals surface area contributed by atoms with Crippen molar-refractivity contribution in [3.8, 4) is 22.6 Å². The van der Waals surface area contributed by atoms with Gasteiger partial charge in [0.25, 0.3) is 0 Å². The van der Waals surface area contributed by atoms with Crippen LogP contribution in [-0.2, 0) is 0 Å². The number of hydrogen-bond acceptors (Lipinski definition) is 3. The molecule has 0 saturated carbocycles. The van der Waals surface area contributed by atoms with Crippen LogP contribution in [-0.4, -0.2) is 16.5 Å². The number of hydrogen-bond donors (Lipinski definition) is 2. The number of fused-ring (bicyclic) bond motifs is 1. The fraction of sp³-hybridized carbons (Fsp3) is 0. The van der Waals surface area contributed by atoms with Gasteiger partial charge in [-0.15, -0.1) is 0 Å². The summed E-state index contributed by atoms with van der Waals surface area (Å²) in [6, 6.07) is 15.9. The first-order chi connectivity index (χ1) is 9.72. The Hall–Kier alpha value is -2.81. The Balaban J connectivity index is 2.46. The number of carbonyl (C=O) groups is 1. The molecule has 0 aliphatic rings. The molecule has 0 aliphatic carbocycles. The van der Waals surface area contributed by atoms with E-state index in [1.54, 1.807) is 24.3 Å². The van der Waals surface area contributed by atoms with Crippen molar-refractivity contribution >= 4 is 17.1 Å². The fourth-order valence-electron chi connectivity index (χ4n) is 2.42. The lowest BCUT2D eigenvalue weighted by molar-refractivity contribution is 0.112. The van der Waals surface area contributed by atoms with Gasteiger partial charge in [-0.2, -0.15) is 0 Å². The van der Waals surface area contributed by atoms with Gasteiger partial charge in [0.15, 0.2) is 17.8 Å². The number of aromatic hydroxyl groups is 2.